The van der Waals surface area contributed by atoms with Gasteiger partial charge in [0.1, 0.15) is 0 Å². The molecule has 1 aliphatic heterocycles. The Morgan fingerprint density at radius 1 is 1.15 bits per heavy atom. The molecule has 1 N–H and O–H groups in total. The smallest absolute Gasteiger partial charge is 0.240 e. The molecule has 0 aliphatic carbocycles. The molecule has 4 aromatic heterocycles. The third-order valence-electron chi connectivity index (χ3n) is 6.14. The Hall–Kier alpha value is -2.74. The fourth-order valence-electron chi connectivity index (χ4n) is 4.47. The van der Waals surface area contributed by atoms with E-state index in [1.807, 2.05) is 35.5 Å². The van der Waals surface area contributed by atoms with Gasteiger partial charge in [-0.2, -0.15) is 0 Å². The molecule has 8 heteroatoms. The topological polar surface area (TPSA) is 65.1 Å². The fourth-order valence-corrected chi connectivity index (χ4v) is 5.51. The van der Waals surface area contributed by atoms with Gasteiger partial charge in [-0.1, -0.05) is 31.0 Å². The number of H-pyrrole nitrogens is 1. The second-order valence-corrected chi connectivity index (χ2v) is 10.1. The molecule has 0 bridgehead atoms. The van der Waals surface area contributed by atoms with E-state index in [1.54, 1.807) is 17.5 Å². The van der Waals surface area contributed by atoms with E-state index in [1.165, 1.54) is 0 Å². The highest BCUT2D eigenvalue weighted by Gasteiger charge is 2.34. The number of thiophene rings is 1. The number of rotatable bonds is 7. The molecule has 4 aromatic rings. The predicted octanol–water partition coefficient (Wildman–Crippen LogP) is 5.35. The van der Waals surface area contributed by atoms with Crippen molar-refractivity contribution in [2.75, 3.05) is 13.1 Å². The SMILES string of the molecule is CCC[C@H]1C(=O)N(Cc2cc3cnccc3[nH]2)CCN1Cc1ccc(-c2ccc(Cl)s2)cn1. The van der Waals surface area contributed by atoms with Crippen LogP contribution < -0.4 is 0 Å². The molecule has 5 heterocycles. The van der Waals surface area contributed by atoms with Crippen LogP contribution in [0.3, 0.4) is 0 Å². The van der Waals surface area contributed by atoms with E-state index in [0.29, 0.717) is 19.6 Å². The largest absolute Gasteiger partial charge is 0.357 e. The Morgan fingerprint density at radius 3 is 2.79 bits per heavy atom. The maximum absolute atomic E-state index is 13.4. The molecule has 1 aliphatic rings. The molecule has 0 radical (unpaired) electrons. The summed E-state index contributed by atoms with van der Waals surface area (Å²) in [4.78, 5) is 31.0. The Balaban J connectivity index is 1.27. The van der Waals surface area contributed by atoms with Crippen LogP contribution in [0.25, 0.3) is 21.3 Å². The van der Waals surface area contributed by atoms with Crippen molar-refractivity contribution in [2.45, 2.75) is 38.9 Å². The van der Waals surface area contributed by atoms with Crippen molar-refractivity contribution in [2.24, 2.45) is 0 Å². The minimum Gasteiger partial charge on any atom is -0.357 e. The number of pyridine rings is 2. The van der Waals surface area contributed by atoms with Gasteiger partial charge in [-0.05, 0) is 36.8 Å². The lowest BCUT2D eigenvalue weighted by molar-refractivity contribution is -0.143. The van der Waals surface area contributed by atoms with Crippen molar-refractivity contribution in [1.82, 2.24) is 24.8 Å². The number of carbonyl (C=O) groups is 1. The lowest BCUT2D eigenvalue weighted by Crippen LogP contribution is -2.56. The number of amides is 1. The number of nitrogens with zero attached hydrogens (tertiary/aromatic N) is 4. The number of halogens is 1. The van der Waals surface area contributed by atoms with Gasteiger partial charge in [0, 0.05) is 65.3 Å². The average molecular weight is 480 g/mol. The molecule has 0 spiro atoms. The molecular weight excluding hydrogens is 454 g/mol. The highest BCUT2D eigenvalue weighted by molar-refractivity contribution is 7.19. The fraction of sp³-hybridized carbons (Fsp3) is 0.320. The average Bonchev–Trinajstić information content (AvgIpc) is 3.44. The summed E-state index contributed by atoms with van der Waals surface area (Å²) in [7, 11) is 0. The summed E-state index contributed by atoms with van der Waals surface area (Å²) >= 11 is 7.61. The molecule has 1 atom stereocenters. The van der Waals surface area contributed by atoms with Crippen molar-refractivity contribution >= 4 is 39.7 Å². The number of fused-ring (bicyclic) bond motifs is 1. The van der Waals surface area contributed by atoms with Crippen LogP contribution in [0.1, 0.15) is 31.2 Å². The van der Waals surface area contributed by atoms with E-state index in [4.69, 9.17) is 11.6 Å². The first kappa shape index (κ1) is 22.1. The van der Waals surface area contributed by atoms with Gasteiger partial charge in [0.25, 0.3) is 0 Å². The van der Waals surface area contributed by atoms with E-state index < -0.39 is 0 Å². The molecule has 1 saturated heterocycles. The van der Waals surface area contributed by atoms with Crippen LogP contribution in [-0.4, -0.2) is 49.8 Å². The molecule has 1 amide bonds. The number of aromatic amines is 1. The standard InChI is InChI=1S/C25H26ClN5OS/c1-2-3-22-25(32)31(16-20-12-18-13-27-9-8-21(18)29-20)11-10-30(22)15-19-5-4-17(14-28-19)23-6-7-24(26)33-23/h4-9,12-14,22,29H,2-3,10-11,15-16H2,1H3/t22-/m0/s1. The molecule has 0 aromatic carbocycles. The lowest BCUT2D eigenvalue weighted by Gasteiger charge is -2.40. The summed E-state index contributed by atoms with van der Waals surface area (Å²) < 4.78 is 0.775. The van der Waals surface area contributed by atoms with Crippen molar-refractivity contribution in [3.63, 3.8) is 0 Å². The Bertz CT molecular complexity index is 1220. The first-order valence-corrected chi connectivity index (χ1v) is 12.4. The zero-order chi connectivity index (χ0) is 22.8. The van der Waals surface area contributed by atoms with E-state index >= 15 is 0 Å². The van der Waals surface area contributed by atoms with Gasteiger partial charge in [0.05, 0.1) is 22.6 Å². The predicted molar refractivity (Wildman–Crippen MR) is 133 cm³/mol. The van der Waals surface area contributed by atoms with Gasteiger partial charge in [-0.3, -0.25) is 19.7 Å². The first-order valence-electron chi connectivity index (χ1n) is 11.3. The molecule has 1 fully saturated rings. The molecule has 6 nitrogen and oxygen atoms in total. The van der Waals surface area contributed by atoms with Crippen LogP contribution in [-0.2, 0) is 17.9 Å². The monoisotopic (exact) mass is 479 g/mol. The Kier molecular flexibility index (Phi) is 6.44. The van der Waals surface area contributed by atoms with E-state index in [-0.39, 0.29) is 11.9 Å². The van der Waals surface area contributed by atoms with E-state index in [0.717, 1.165) is 56.5 Å². The number of hydrogen-bond acceptors (Lipinski definition) is 5. The van der Waals surface area contributed by atoms with Gasteiger partial charge in [-0.25, -0.2) is 0 Å². The molecule has 170 valence electrons. The van der Waals surface area contributed by atoms with Gasteiger partial charge in [0.2, 0.25) is 5.91 Å². The minimum atomic E-state index is -0.118. The molecule has 33 heavy (non-hydrogen) atoms. The highest BCUT2D eigenvalue weighted by atomic mass is 35.5. The summed E-state index contributed by atoms with van der Waals surface area (Å²) in [5.74, 6) is 0.199. The Labute approximate surface area is 202 Å². The van der Waals surface area contributed by atoms with Gasteiger partial charge in [-0.15, -0.1) is 11.3 Å². The second-order valence-electron chi connectivity index (χ2n) is 8.43. The zero-order valence-corrected chi connectivity index (χ0v) is 20.1. The number of piperazine rings is 1. The Morgan fingerprint density at radius 2 is 2.06 bits per heavy atom. The number of carbonyl (C=O) groups excluding carboxylic acids is 1. The van der Waals surface area contributed by atoms with Crippen LogP contribution in [0, 0.1) is 0 Å². The lowest BCUT2D eigenvalue weighted by atomic mass is 10.0. The van der Waals surface area contributed by atoms with Crippen molar-refractivity contribution < 1.29 is 4.79 Å². The van der Waals surface area contributed by atoms with Gasteiger partial charge >= 0.3 is 0 Å². The van der Waals surface area contributed by atoms with Crippen LogP contribution in [0.2, 0.25) is 4.34 Å². The van der Waals surface area contributed by atoms with Crippen LogP contribution in [0.15, 0.2) is 55.0 Å². The third-order valence-corrected chi connectivity index (χ3v) is 7.42. The molecule has 0 saturated carbocycles. The summed E-state index contributed by atoms with van der Waals surface area (Å²) in [6.07, 6.45) is 7.33. The summed E-state index contributed by atoms with van der Waals surface area (Å²) in [6.45, 7) is 4.95. The molecular formula is C25H26ClN5OS. The van der Waals surface area contributed by atoms with Gasteiger partial charge < -0.3 is 9.88 Å². The quantitative estimate of drug-likeness (QED) is 0.388. The maximum atomic E-state index is 13.4. The molecule has 0 unspecified atom stereocenters. The number of aromatic nitrogens is 3. The molecule has 5 rings (SSSR count). The summed E-state index contributed by atoms with van der Waals surface area (Å²) in [6, 6.07) is 12.0. The van der Waals surface area contributed by atoms with Crippen LogP contribution >= 0.6 is 22.9 Å². The van der Waals surface area contributed by atoms with Crippen molar-refractivity contribution in [3.8, 4) is 10.4 Å². The van der Waals surface area contributed by atoms with Crippen molar-refractivity contribution in [1.29, 1.82) is 0 Å². The summed E-state index contributed by atoms with van der Waals surface area (Å²) in [5.41, 5.74) is 4.14. The van der Waals surface area contributed by atoms with Crippen molar-refractivity contribution in [3.05, 3.63) is 70.7 Å². The van der Waals surface area contributed by atoms with Gasteiger partial charge in [0.15, 0.2) is 0 Å². The summed E-state index contributed by atoms with van der Waals surface area (Å²) in [5, 5.41) is 1.07. The van der Waals surface area contributed by atoms with E-state index in [2.05, 4.69) is 45.0 Å². The van der Waals surface area contributed by atoms with E-state index in [9.17, 15) is 4.79 Å². The second kappa shape index (κ2) is 9.63. The number of hydrogen-bond donors (Lipinski definition) is 1. The maximum Gasteiger partial charge on any atom is 0.240 e. The zero-order valence-electron chi connectivity index (χ0n) is 18.5. The minimum absolute atomic E-state index is 0.118. The third kappa shape index (κ3) is 4.81. The first-order chi connectivity index (χ1) is 16.1. The number of nitrogens with one attached hydrogen (secondary N) is 1. The highest BCUT2D eigenvalue weighted by Crippen LogP contribution is 2.30. The van der Waals surface area contributed by atoms with Crippen LogP contribution in [0.5, 0.6) is 0 Å². The normalized spacial score (nSPS) is 17.2. The van der Waals surface area contributed by atoms with Crippen LogP contribution in [0.4, 0.5) is 0 Å².